The molecule has 2 unspecified atom stereocenters. The van der Waals surface area contributed by atoms with E-state index in [9.17, 15) is 4.79 Å². The van der Waals surface area contributed by atoms with Crippen LogP contribution in [0.4, 0.5) is 0 Å². The maximum Gasteiger partial charge on any atom is 0.226 e. The Kier molecular flexibility index (Phi) is 3.12. The minimum atomic E-state index is 0.0510. The molecule has 5 fully saturated rings. The van der Waals surface area contributed by atoms with Gasteiger partial charge in [-0.2, -0.15) is 0 Å². The summed E-state index contributed by atoms with van der Waals surface area (Å²) in [6.45, 7) is 2.34. The molecule has 112 valence electrons. The van der Waals surface area contributed by atoms with Crippen molar-refractivity contribution >= 4 is 5.91 Å². The fourth-order valence-electron chi connectivity index (χ4n) is 6.29. The Morgan fingerprint density at radius 1 is 0.950 bits per heavy atom. The molecule has 0 aromatic carbocycles. The second-order valence-electron chi connectivity index (χ2n) is 8.64. The first-order valence-corrected chi connectivity index (χ1v) is 8.94. The van der Waals surface area contributed by atoms with Crippen molar-refractivity contribution < 1.29 is 4.79 Å². The summed E-state index contributed by atoms with van der Waals surface area (Å²) in [6.07, 6.45) is 12.9. The summed E-state index contributed by atoms with van der Waals surface area (Å²) in [5.74, 6) is 3.85. The van der Waals surface area contributed by atoms with Gasteiger partial charge >= 0.3 is 0 Å². The first-order valence-electron chi connectivity index (χ1n) is 8.94. The molecule has 5 aliphatic carbocycles. The first-order chi connectivity index (χ1) is 9.63. The molecule has 0 aromatic rings. The zero-order chi connectivity index (χ0) is 13.7. The normalized spacial score (nSPS) is 50.1. The molecule has 5 saturated carbocycles. The minimum absolute atomic E-state index is 0.0510. The smallest absolute Gasteiger partial charge is 0.226 e. The van der Waals surface area contributed by atoms with Crippen molar-refractivity contribution in [2.45, 2.75) is 77.2 Å². The van der Waals surface area contributed by atoms with Crippen LogP contribution in [-0.2, 0) is 4.79 Å². The summed E-state index contributed by atoms with van der Waals surface area (Å²) in [5, 5.41) is 3.47. The highest BCUT2D eigenvalue weighted by Gasteiger charge is 2.54. The molecule has 0 radical (unpaired) electrons. The van der Waals surface area contributed by atoms with E-state index in [0.29, 0.717) is 11.9 Å². The van der Waals surface area contributed by atoms with Gasteiger partial charge in [-0.1, -0.05) is 19.8 Å². The molecule has 2 nitrogen and oxygen atoms in total. The second kappa shape index (κ2) is 4.74. The molecule has 0 aromatic heterocycles. The summed E-state index contributed by atoms with van der Waals surface area (Å²) in [4.78, 5) is 13.0. The van der Waals surface area contributed by atoms with E-state index in [0.717, 1.165) is 23.7 Å². The summed E-state index contributed by atoms with van der Waals surface area (Å²) in [6, 6.07) is 0.472. The molecule has 1 N–H and O–H groups in total. The van der Waals surface area contributed by atoms with Crippen LogP contribution in [0.2, 0.25) is 0 Å². The van der Waals surface area contributed by atoms with Crippen LogP contribution in [0.25, 0.3) is 0 Å². The lowest BCUT2D eigenvalue weighted by atomic mass is 9.49. The number of rotatable bonds is 2. The molecule has 4 bridgehead atoms. The standard InChI is InChI=1S/C18H29NO/c1-12-3-2-4-16(5-12)19-17(20)18-9-13-6-14(10-18)8-15(7-13)11-18/h12-16H,2-11H2,1H3,(H,19,20). The van der Waals surface area contributed by atoms with Crippen LogP contribution in [0.1, 0.15) is 71.1 Å². The van der Waals surface area contributed by atoms with Gasteiger partial charge in [0, 0.05) is 11.5 Å². The summed E-state index contributed by atoms with van der Waals surface area (Å²) in [5.41, 5.74) is 0.0510. The van der Waals surface area contributed by atoms with Crippen LogP contribution >= 0.6 is 0 Å². The topological polar surface area (TPSA) is 29.1 Å². The molecule has 2 atom stereocenters. The third-order valence-electron chi connectivity index (χ3n) is 6.79. The van der Waals surface area contributed by atoms with Crippen LogP contribution < -0.4 is 5.32 Å². The van der Waals surface area contributed by atoms with Crippen molar-refractivity contribution in [3.05, 3.63) is 0 Å². The zero-order valence-electron chi connectivity index (χ0n) is 12.9. The maximum absolute atomic E-state index is 13.0. The Morgan fingerprint density at radius 3 is 2.10 bits per heavy atom. The number of nitrogens with one attached hydrogen (secondary N) is 1. The average Bonchev–Trinajstić information content (AvgIpc) is 2.37. The van der Waals surface area contributed by atoms with Gasteiger partial charge in [-0.05, 0) is 75.0 Å². The SMILES string of the molecule is CC1CCCC(NC(=O)C23CC4CC(CC(C4)C2)C3)C1. The monoisotopic (exact) mass is 275 g/mol. The van der Waals surface area contributed by atoms with Crippen LogP contribution in [0.3, 0.4) is 0 Å². The van der Waals surface area contributed by atoms with Crippen molar-refractivity contribution in [2.24, 2.45) is 29.1 Å². The predicted molar refractivity (Wildman–Crippen MR) is 80.2 cm³/mol. The average molecular weight is 275 g/mol. The van der Waals surface area contributed by atoms with Crippen molar-refractivity contribution in [1.29, 1.82) is 0 Å². The molecule has 5 aliphatic rings. The third kappa shape index (κ3) is 2.19. The number of carbonyl (C=O) groups excluding carboxylic acids is 1. The predicted octanol–water partition coefficient (Wildman–Crippen LogP) is 3.90. The van der Waals surface area contributed by atoms with E-state index in [2.05, 4.69) is 12.2 Å². The lowest BCUT2D eigenvalue weighted by molar-refractivity contribution is -0.147. The Bertz CT molecular complexity index is 367. The molecule has 1 amide bonds. The Hall–Kier alpha value is -0.530. The minimum Gasteiger partial charge on any atom is -0.353 e. The Labute approximate surface area is 123 Å². The van der Waals surface area contributed by atoms with E-state index < -0.39 is 0 Å². The number of hydrogen-bond donors (Lipinski definition) is 1. The molecule has 0 spiro atoms. The fourth-order valence-corrected chi connectivity index (χ4v) is 6.29. The third-order valence-corrected chi connectivity index (χ3v) is 6.79. The molecule has 0 aliphatic heterocycles. The molecule has 0 saturated heterocycles. The van der Waals surface area contributed by atoms with Gasteiger partial charge in [0.2, 0.25) is 5.91 Å². The lowest BCUT2D eigenvalue weighted by Crippen LogP contribution is -2.55. The fraction of sp³-hybridized carbons (Fsp3) is 0.944. The number of hydrogen-bond acceptors (Lipinski definition) is 1. The van der Waals surface area contributed by atoms with Gasteiger partial charge in [-0.3, -0.25) is 4.79 Å². The molecule has 2 heteroatoms. The van der Waals surface area contributed by atoms with E-state index in [-0.39, 0.29) is 5.41 Å². The van der Waals surface area contributed by atoms with E-state index in [1.165, 1.54) is 64.2 Å². The molecule has 0 heterocycles. The van der Waals surface area contributed by atoms with E-state index in [4.69, 9.17) is 0 Å². The Morgan fingerprint density at radius 2 is 1.55 bits per heavy atom. The van der Waals surface area contributed by atoms with Gasteiger partial charge < -0.3 is 5.32 Å². The van der Waals surface area contributed by atoms with Crippen molar-refractivity contribution in [1.82, 2.24) is 5.32 Å². The largest absolute Gasteiger partial charge is 0.353 e. The van der Waals surface area contributed by atoms with Crippen molar-refractivity contribution in [3.8, 4) is 0 Å². The summed E-state index contributed by atoms with van der Waals surface area (Å²) in [7, 11) is 0. The van der Waals surface area contributed by atoms with E-state index in [1.54, 1.807) is 0 Å². The molecule has 20 heavy (non-hydrogen) atoms. The Balaban J connectivity index is 1.45. The number of amides is 1. The van der Waals surface area contributed by atoms with Crippen LogP contribution in [0.15, 0.2) is 0 Å². The van der Waals surface area contributed by atoms with Gasteiger partial charge in [-0.15, -0.1) is 0 Å². The second-order valence-corrected chi connectivity index (χ2v) is 8.64. The zero-order valence-corrected chi connectivity index (χ0v) is 12.9. The van der Waals surface area contributed by atoms with Crippen molar-refractivity contribution in [3.63, 3.8) is 0 Å². The van der Waals surface area contributed by atoms with E-state index in [1.807, 2.05) is 0 Å². The van der Waals surface area contributed by atoms with Crippen molar-refractivity contribution in [2.75, 3.05) is 0 Å². The van der Waals surface area contributed by atoms with Crippen LogP contribution in [0, 0.1) is 29.1 Å². The first kappa shape index (κ1) is 13.2. The highest BCUT2D eigenvalue weighted by atomic mass is 16.2. The maximum atomic E-state index is 13.0. The highest BCUT2D eigenvalue weighted by Crippen LogP contribution is 2.60. The molecular weight excluding hydrogens is 246 g/mol. The molecular formula is C18H29NO. The van der Waals surface area contributed by atoms with Gasteiger partial charge in [0.1, 0.15) is 0 Å². The van der Waals surface area contributed by atoms with Gasteiger partial charge in [0.25, 0.3) is 0 Å². The van der Waals surface area contributed by atoms with Gasteiger partial charge in [0.15, 0.2) is 0 Å². The summed E-state index contributed by atoms with van der Waals surface area (Å²) >= 11 is 0. The summed E-state index contributed by atoms with van der Waals surface area (Å²) < 4.78 is 0. The van der Waals surface area contributed by atoms with Gasteiger partial charge in [0.05, 0.1) is 0 Å². The van der Waals surface area contributed by atoms with Crippen LogP contribution in [-0.4, -0.2) is 11.9 Å². The quantitative estimate of drug-likeness (QED) is 0.813. The lowest BCUT2D eigenvalue weighted by Gasteiger charge is -2.56. The van der Waals surface area contributed by atoms with E-state index >= 15 is 0 Å². The van der Waals surface area contributed by atoms with Crippen LogP contribution in [0.5, 0.6) is 0 Å². The highest BCUT2D eigenvalue weighted by molar-refractivity contribution is 5.83. The number of carbonyl (C=O) groups is 1. The van der Waals surface area contributed by atoms with Gasteiger partial charge in [-0.25, -0.2) is 0 Å². The molecule has 5 rings (SSSR count).